The van der Waals surface area contributed by atoms with Crippen LogP contribution < -0.4 is 5.56 Å². The number of rotatable bonds is 1. The van der Waals surface area contributed by atoms with Crippen LogP contribution in [-0.4, -0.2) is 15.1 Å². The average molecular weight is 177 g/mol. The largest absolute Gasteiger partial charge is 0.334 e. The highest BCUT2D eigenvalue weighted by Crippen LogP contribution is 2.13. The number of H-pyrrole nitrogens is 1. The molecule has 66 valence electrons. The van der Waals surface area contributed by atoms with Gasteiger partial charge in [-0.25, -0.2) is 0 Å². The molecule has 0 saturated heterocycles. The Morgan fingerprint density at radius 3 is 2.85 bits per heavy atom. The molecule has 0 unspecified atom stereocenters. The average Bonchev–Trinajstić information content (AvgIpc) is 2.53. The van der Waals surface area contributed by atoms with E-state index in [2.05, 4.69) is 15.1 Å². The van der Waals surface area contributed by atoms with Gasteiger partial charge in [-0.2, -0.15) is 4.98 Å². The van der Waals surface area contributed by atoms with Crippen molar-refractivity contribution in [1.29, 1.82) is 0 Å². The molecule has 2 heterocycles. The van der Waals surface area contributed by atoms with Gasteiger partial charge in [0.15, 0.2) is 5.82 Å². The molecule has 13 heavy (non-hydrogen) atoms. The van der Waals surface area contributed by atoms with Crippen molar-refractivity contribution in [2.75, 3.05) is 0 Å². The van der Waals surface area contributed by atoms with E-state index in [1.165, 1.54) is 12.3 Å². The van der Waals surface area contributed by atoms with Crippen LogP contribution in [0.25, 0.3) is 11.5 Å². The topological polar surface area (TPSA) is 71.8 Å². The van der Waals surface area contributed by atoms with Crippen LogP contribution in [-0.2, 0) is 0 Å². The molecule has 2 rings (SSSR count). The van der Waals surface area contributed by atoms with Gasteiger partial charge in [0.05, 0.1) is 5.56 Å². The molecular formula is C8H7N3O2. The monoisotopic (exact) mass is 177 g/mol. The zero-order chi connectivity index (χ0) is 9.26. The summed E-state index contributed by atoms with van der Waals surface area (Å²) < 4.78 is 4.91. The first-order chi connectivity index (χ1) is 6.25. The summed E-state index contributed by atoms with van der Waals surface area (Å²) in [6.45, 7) is 1.73. The summed E-state index contributed by atoms with van der Waals surface area (Å²) in [5.41, 5.74) is 0.556. The molecule has 5 heteroatoms. The second-order valence-electron chi connectivity index (χ2n) is 2.59. The highest BCUT2D eigenvalue weighted by molar-refractivity contribution is 5.50. The van der Waals surface area contributed by atoms with E-state index < -0.39 is 0 Å². The maximum atomic E-state index is 10.7. The highest BCUT2D eigenvalue weighted by Gasteiger charge is 2.04. The molecule has 2 aromatic heterocycles. The molecule has 0 aliphatic rings. The van der Waals surface area contributed by atoms with E-state index in [-0.39, 0.29) is 5.56 Å². The summed E-state index contributed by atoms with van der Waals surface area (Å²) in [6.07, 6.45) is 1.54. The zero-order valence-corrected chi connectivity index (χ0v) is 6.94. The lowest BCUT2D eigenvalue weighted by molar-refractivity contribution is 0.425. The first-order valence-electron chi connectivity index (χ1n) is 3.75. The van der Waals surface area contributed by atoms with Crippen molar-refractivity contribution >= 4 is 0 Å². The Morgan fingerprint density at radius 1 is 1.46 bits per heavy atom. The molecule has 0 aliphatic heterocycles. The standard InChI is InChI=1S/C8H7N3O2/c1-5-10-8(13-11-5)6-2-3-7(12)9-4-6/h2-4H,1H3,(H,9,12). The molecular weight excluding hydrogens is 170 g/mol. The number of hydrogen-bond donors (Lipinski definition) is 1. The Bertz CT molecular complexity index is 452. The Balaban J connectivity index is 2.47. The van der Waals surface area contributed by atoms with Gasteiger partial charge in [-0.05, 0) is 13.0 Å². The van der Waals surface area contributed by atoms with E-state index in [4.69, 9.17) is 4.52 Å². The lowest BCUT2D eigenvalue weighted by Gasteiger charge is -1.89. The summed E-state index contributed by atoms with van der Waals surface area (Å²) in [6, 6.07) is 3.04. The fraction of sp³-hybridized carbons (Fsp3) is 0.125. The maximum Gasteiger partial charge on any atom is 0.259 e. The number of pyridine rings is 1. The van der Waals surface area contributed by atoms with Crippen LogP contribution in [0.15, 0.2) is 27.6 Å². The van der Waals surface area contributed by atoms with Gasteiger partial charge in [0.1, 0.15) is 0 Å². The number of aromatic nitrogens is 3. The third-order valence-corrected chi connectivity index (χ3v) is 1.56. The SMILES string of the molecule is Cc1noc(-c2ccc(=O)[nH]c2)n1. The second kappa shape index (κ2) is 2.85. The Morgan fingerprint density at radius 2 is 2.31 bits per heavy atom. The summed E-state index contributed by atoms with van der Waals surface area (Å²) in [7, 11) is 0. The Hall–Kier alpha value is -1.91. The molecule has 5 nitrogen and oxygen atoms in total. The molecule has 0 radical (unpaired) electrons. The van der Waals surface area contributed by atoms with Crippen LogP contribution in [0.1, 0.15) is 5.82 Å². The summed E-state index contributed by atoms with van der Waals surface area (Å²) in [4.78, 5) is 17.3. The molecule has 1 N–H and O–H groups in total. The van der Waals surface area contributed by atoms with Gasteiger partial charge < -0.3 is 9.51 Å². The van der Waals surface area contributed by atoms with Crippen molar-refractivity contribution in [2.45, 2.75) is 6.92 Å². The lowest BCUT2D eigenvalue weighted by atomic mass is 10.3. The van der Waals surface area contributed by atoms with Crippen molar-refractivity contribution < 1.29 is 4.52 Å². The molecule has 0 fully saturated rings. The van der Waals surface area contributed by atoms with Gasteiger partial charge >= 0.3 is 0 Å². The van der Waals surface area contributed by atoms with E-state index in [0.717, 1.165) is 0 Å². The van der Waals surface area contributed by atoms with Gasteiger partial charge in [0.25, 0.3) is 5.89 Å². The van der Waals surface area contributed by atoms with E-state index >= 15 is 0 Å². The first-order valence-corrected chi connectivity index (χ1v) is 3.75. The Labute approximate surface area is 73.4 Å². The van der Waals surface area contributed by atoms with E-state index in [9.17, 15) is 4.79 Å². The number of nitrogens with one attached hydrogen (secondary N) is 1. The number of nitrogens with zero attached hydrogens (tertiary/aromatic N) is 2. The maximum absolute atomic E-state index is 10.7. The van der Waals surface area contributed by atoms with Crippen molar-refractivity contribution in [3.05, 3.63) is 34.5 Å². The summed E-state index contributed by atoms with van der Waals surface area (Å²) in [5, 5.41) is 3.64. The third-order valence-electron chi connectivity index (χ3n) is 1.56. The highest BCUT2D eigenvalue weighted by atomic mass is 16.5. The normalized spacial score (nSPS) is 10.2. The van der Waals surface area contributed by atoms with Crippen molar-refractivity contribution in [2.24, 2.45) is 0 Å². The minimum atomic E-state index is -0.153. The minimum Gasteiger partial charge on any atom is -0.334 e. The van der Waals surface area contributed by atoms with Crippen LogP contribution in [0.3, 0.4) is 0 Å². The fourth-order valence-electron chi connectivity index (χ4n) is 0.958. The van der Waals surface area contributed by atoms with Crippen LogP contribution in [0.4, 0.5) is 0 Å². The van der Waals surface area contributed by atoms with E-state index in [0.29, 0.717) is 17.3 Å². The summed E-state index contributed by atoms with van der Waals surface area (Å²) >= 11 is 0. The minimum absolute atomic E-state index is 0.153. The molecule has 0 spiro atoms. The summed E-state index contributed by atoms with van der Waals surface area (Å²) in [5.74, 6) is 0.981. The molecule has 0 aliphatic carbocycles. The van der Waals surface area contributed by atoms with Gasteiger partial charge in [0, 0.05) is 12.3 Å². The Kier molecular flexibility index (Phi) is 1.70. The fourth-order valence-corrected chi connectivity index (χ4v) is 0.958. The van der Waals surface area contributed by atoms with Gasteiger partial charge in [-0.3, -0.25) is 4.79 Å². The predicted molar refractivity (Wildman–Crippen MR) is 45.1 cm³/mol. The second-order valence-corrected chi connectivity index (χ2v) is 2.59. The molecule has 0 saturated carbocycles. The van der Waals surface area contributed by atoms with Crippen LogP contribution in [0.5, 0.6) is 0 Å². The van der Waals surface area contributed by atoms with Crippen LogP contribution in [0, 0.1) is 6.92 Å². The van der Waals surface area contributed by atoms with Crippen molar-refractivity contribution in [3.8, 4) is 11.5 Å². The number of aryl methyl sites for hydroxylation is 1. The van der Waals surface area contributed by atoms with Gasteiger partial charge in [0.2, 0.25) is 5.56 Å². The third kappa shape index (κ3) is 1.48. The molecule has 0 aromatic carbocycles. The zero-order valence-electron chi connectivity index (χ0n) is 6.94. The first kappa shape index (κ1) is 7.72. The van der Waals surface area contributed by atoms with Crippen molar-refractivity contribution in [3.63, 3.8) is 0 Å². The van der Waals surface area contributed by atoms with Gasteiger partial charge in [-0.1, -0.05) is 5.16 Å². The smallest absolute Gasteiger partial charge is 0.259 e. The van der Waals surface area contributed by atoms with Crippen LogP contribution in [0.2, 0.25) is 0 Å². The lowest BCUT2D eigenvalue weighted by Crippen LogP contribution is -2.01. The number of aromatic amines is 1. The van der Waals surface area contributed by atoms with Gasteiger partial charge in [-0.15, -0.1) is 0 Å². The molecule has 0 amide bonds. The van der Waals surface area contributed by atoms with Crippen molar-refractivity contribution in [1.82, 2.24) is 15.1 Å². The quantitative estimate of drug-likeness (QED) is 0.697. The molecule has 2 aromatic rings. The van der Waals surface area contributed by atoms with Crippen LogP contribution >= 0.6 is 0 Å². The predicted octanol–water partition coefficient (Wildman–Crippen LogP) is 0.733. The number of hydrogen-bond acceptors (Lipinski definition) is 4. The van der Waals surface area contributed by atoms with E-state index in [1.54, 1.807) is 13.0 Å². The molecule has 0 bridgehead atoms. The molecule has 0 atom stereocenters. The van der Waals surface area contributed by atoms with E-state index in [1.807, 2.05) is 0 Å².